The zero-order valence-electron chi connectivity index (χ0n) is 14.6. The highest BCUT2D eigenvalue weighted by atomic mass is 16.5. The molecule has 0 radical (unpaired) electrons. The standard InChI is InChI=1S/C19H16N2O6/c1-26-13-7-3-11(4-8-13)16(22)15-17(23)20-19(25)21(18(15)24)12-5-9-14(27-2)10-6-12/h3-10,24H,1-2H3,(H,20,23,25). The molecule has 3 rings (SSSR count). The summed E-state index contributed by atoms with van der Waals surface area (Å²) >= 11 is 0. The lowest BCUT2D eigenvalue weighted by molar-refractivity contribution is 0.103. The molecule has 0 aliphatic rings. The summed E-state index contributed by atoms with van der Waals surface area (Å²) in [4.78, 5) is 39.2. The fourth-order valence-corrected chi connectivity index (χ4v) is 2.59. The molecule has 0 bridgehead atoms. The molecule has 0 aliphatic heterocycles. The number of benzene rings is 2. The van der Waals surface area contributed by atoms with Crippen molar-refractivity contribution in [3.8, 4) is 23.1 Å². The van der Waals surface area contributed by atoms with Gasteiger partial charge in [0.25, 0.3) is 5.56 Å². The monoisotopic (exact) mass is 368 g/mol. The van der Waals surface area contributed by atoms with Crippen LogP contribution in [0.1, 0.15) is 15.9 Å². The second kappa shape index (κ2) is 7.20. The summed E-state index contributed by atoms with van der Waals surface area (Å²) in [5, 5.41) is 10.5. The summed E-state index contributed by atoms with van der Waals surface area (Å²) in [6.07, 6.45) is 0. The van der Waals surface area contributed by atoms with Crippen LogP contribution >= 0.6 is 0 Å². The maximum Gasteiger partial charge on any atom is 0.335 e. The molecule has 2 aromatic carbocycles. The van der Waals surface area contributed by atoms with Crippen molar-refractivity contribution < 1.29 is 19.4 Å². The molecule has 3 aromatic rings. The summed E-state index contributed by atoms with van der Waals surface area (Å²) in [5.41, 5.74) is -1.94. The summed E-state index contributed by atoms with van der Waals surface area (Å²) in [5.74, 6) is -0.383. The van der Waals surface area contributed by atoms with Crippen LogP contribution in [0.2, 0.25) is 0 Å². The fourth-order valence-electron chi connectivity index (χ4n) is 2.59. The number of hydrogen-bond donors (Lipinski definition) is 2. The molecule has 0 spiro atoms. The number of H-pyrrole nitrogens is 1. The first-order chi connectivity index (χ1) is 13.0. The number of carbonyl (C=O) groups is 1. The van der Waals surface area contributed by atoms with E-state index in [2.05, 4.69) is 4.98 Å². The molecule has 0 fully saturated rings. The smallest absolute Gasteiger partial charge is 0.335 e. The Kier molecular flexibility index (Phi) is 4.80. The number of methoxy groups -OCH3 is 2. The van der Waals surface area contributed by atoms with Crippen molar-refractivity contribution in [3.63, 3.8) is 0 Å². The molecule has 0 atom stereocenters. The second-order valence-electron chi connectivity index (χ2n) is 5.55. The van der Waals surface area contributed by atoms with Crippen molar-refractivity contribution in [2.24, 2.45) is 0 Å². The minimum absolute atomic E-state index is 0.163. The van der Waals surface area contributed by atoms with Crippen LogP contribution in [0.25, 0.3) is 5.69 Å². The number of ether oxygens (including phenoxy) is 2. The Morgan fingerprint density at radius 1 is 0.926 bits per heavy atom. The maximum absolute atomic E-state index is 12.7. The number of aromatic nitrogens is 2. The number of nitrogens with one attached hydrogen (secondary N) is 1. The maximum atomic E-state index is 12.7. The summed E-state index contributed by atoms with van der Waals surface area (Å²) in [6, 6.07) is 12.2. The molecule has 8 nitrogen and oxygen atoms in total. The highest BCUT2D eigenvalue weighted by Crippen LogP contribution is 2.22. The van der Waals surface area contributed by atoms with Crippen LogP contribution < -0.4 is 20.7 Å². The molecule has 8 heteroatoms. The van der Waals surface area contributed by atoms with Gasteiger partial charge in [-0.1, -0.05) is 0 Å². The van der Waals surface area contributed by atoms with Crippen molar-refractivity contribution in [3.05, 3.63) is 80.5 Å². The fraction of sp³-hybridized carbons (Fsp3) is 0.105. The van der Waals surface area contributed by atoms with E-state index in [-0.39, 0.29) is 11.3 Å². The van der Waals surface area contributed by atoms with E-state index < -0.39 is 28.5 Å². The van der Waals surface area contributed by atoms with Gasteiger partial charge in [0.2, 0.25) is 11.7 Å². The van der Waals surface area contributed by atoms with Crippen molar-refractivity contribution >= 4 is 5.78 Å². The third-order valence-corrected chi connectivity index (χ3v) is 4.00. The number of carbonyl (C=O) groups excluding carboxylic acids is 1. The highest BCUT2D eigenvalue weighted by Gasteiger charge is 2.23. The van der Waals surface area contributed by atoms with E-state index in [0.717, 1.165) is 4.57 Å². The van der Waals surface area contributed by atoms with Gasteiger partial charge in [-0.25, -0.2) is 9.36 Å². The normalized spacial score (nSPS) is 10.4. The van der Waals surface area contributed by atoms with Crippen molar-refractivity contribution in [1.82, 2.24) is 9.55 Å². The minimum Gasteiger partial charge on any atom is -0.497 e. The predicted molar refractivity (Wildman–Crippen MR) is 97.3 cm³/mol. The Balaban J connectivity index is 2.14. The van der Waals surface area contributed by atoms with Gasteiger partial charge in [0.05, 0.1) is 19.9 Å². The topological polar surface area (TPSA) is 111 Å². The van der Waals surface area contributed by atoms with Crippen LogP contribution in [-0.2, 0) is 0 Å². The van der Waals surface area contributed by atoms with Gasteiger partial charge in [-0.05, 0) is 48.5 Å². The SMILES string of the molecule is COc1ccc(C(=O)c2c(O)n(-c3ccc(OC)cc3)c(=O)[nH]c2=O)cc1. The molecule has 27 heavy (non-hydrogen) atoms. The number of rotatable bonds is 5. The summed E-state index contributed by atoms with van der Waals surface area (Å²) < 4.78 is 10.9. The number of aromatic amines is 1. The van der Waals surface area contributed by atoms with E-state index in [1.54, 1.807) is 24.3 Å². The Morgan fingerprint density at radius 2 is 1.44 bits per heavy atom. The quantitative estimate of drug-likeness (QED) is 0.660. The Morgan fingerprint density at radius 3 is 1.96 bits per heavy atom. The molecule has 0 saturated heterocycles. The van der Waals surface area contributed by atoms with Gasteiger partial charge in [-0.2, -0.15) is 0 Å². The van der Waals surface area contributed by atoms with Crippen LogP contribution in [0.3, 0.4) is 0 Å². The lowest BCUT2D eigenvalue weighted by atomic mass is 10.1. The van der Waals surface area contributed by atoms with Crippen LogP contribution in [0, 0.1) is 0 Å². The lowest BCUT2D eigenvalue weighted by Gasteiger charge is -2.11. The van der Waals surface area contributed by atoms with Crippen LogP contribution in [0.5, 0.6) is 17.4 Å². The van der Waals surface area contributed by atoms with E-state index in [4.69, 9.17) is 9.47 Å². The van der Waals surface area contributed by atoms with Crippen LogP contribution in [0.15, 0.2) is 58.1 Å². The Labute approximate surface area is 153 Å². The van der Waals surface area contributed by atoms with Crippen molar-refractivity contribution in [1.29, 1.82) is 0 Å². The third kappa shape index (κ3) is 3.32. The molecular formula is C19H16N2O6. The zero-order chi connectivity index (χ0) is 19.6. The largest absolute Gasteiger partial charge is 0.497 e. The van der Waals surface area contributed by atoms with Gasteiger partial charge in [0.15, 0.2) is 0 Å². The first kappa shape index (κ1) is 18.0. The van der Waals surface area contributed by atoms with Gasteiger partial charge in [-0.3, -0.25) is 14.6 Å². The van der Waals surface area contributed by atoms with Crippen molar-refractivity contribution in [2.45, 2.75) is 0 Å². The minimum atomic E-state index is -0.969. The van der Waals surface area contributed by atoms with Gasteiger partial charge in [-0.15, -0.1) is 0 Å². The number of hydrogen-bond acceptors (Lipinski definition) is 6. The Bertz CT molecular complexity index is 1100. The van der Waals surface area contributed by atoms with Crippen LogP contribution in [-0.4, -0.2) is 34.7 Å². The molecular weight excluding hydrogens is 352 g/mol. The van der Waals surface area contributed by atoms with E-state index in [9.17, 15) is 19.5 Å². The molecule has 138 valence electrons. The average molecular weight is 368 g/mol. The molecule has 0 aliphatic carbocycles. The first-order valence-electron chi connectivity index (χ1n) is 7.87. The van der Waals surface area contributed by atoms with Gasteiger partial charge >= 0.3 is 5.69 Å². The average Bonchev–Trinajstić information content (AvgIpc) is 2.68. The van der Waals surface area contributed by atoms with Crippen LogP contribution in [0.4, 0.5) is 0 Å². The highest BCUT2D eigenvalue weighted by molar-refractivity contribution is 6.10. The molecule has 0 unspecified atom stereocenters. The first-order valence-corrected chi connectivity index (χ1v) is 7.87. The number of aromatic hydroxyl groups is 1. The van der Waals surface area contributed by atoms with E-state index >= 15 is 0 Å². The molecule has 0 saturated carbocycles. The zero-order valence-corrected chi connectivity index (χ0v) is 14.6. The predicted octanol–water partition coefficient (Wildman–Crippen LogP) is 1.48. The molecule has 1 aromatic heterocycles. The van der Waals surface area contributed by atoms with Gasteiger partial charge in [0.1, 0.15) is 17.1 Å². The number of nitrogens with zero attached hydrogens (tertiary/aromatic N) is 1. The molecule has 0 amide bonds. The number of ketones is 1. The molecule has 2 N–H and O–H groups in total. The summed E-state index contributed by atoms with van der Waals surface area (Å²) in [6.45, 7) is 0. The summed E-state index contributed by atoms with van der Waals surface area (Å²) in [7, 11) is 2.97. The molecule has 1 heterocycles. The second-order valence-corrected chi connectivity index (χ2v) is 5.55. The van der Waals surface area contributed by atoms with E-state index in [1.165, 1.54) is 38.5 Å². The third-order valence-electron chi connectivity index (χ3n) is 4.00. The van der Waals surface area contributed by atoms with Gasteiger partial charge in [0, 0.05) is 5.56 Å². The van der Waals surface area contributed by atoms with E-state index in [1.807, 2.05) is 0 Å². The lowest BCUT2D eigenvalue weighted by Crippen LogP contribution is -2.33. The van der Waals surface area contributed by atoms with Gasteiger partial charge < -0.3 is 14.6 Å². The van der Waals surface area contributed by atoms with Crippen molar-refractivity contribution in [2.75, 3.05) is 14.2 Å². The Hall–Kier alpha value is -3.81. The van der Waals surface area contributed by atoms with E-state index in [0.29, 0.717) is 11.5 Å².